The van der Waals surface area contributed by atoms with E-state index in [1.807, 2.05) is 0 Å². The lowest BCUT2D eigenvalue weighted by atomic mass is 9.95. The van der Waals surface area contributed by atoms with E-state index in [1.165, 1.54) is 24.2 Å². The summed E-state index contributed by atoms with van der Waals surface area (Å²) in [7, 11) is 4.34. The topological polar surface area (TPSA) is 21.1 Å². The molecule has 1 saturated heterocycles. The third-order valence-corrected chi connectivity index (χ3v) is 3.89. The average molecular weight is 191 g/mol. The van der Waals surface area contributed by atoms with Gasteiger partial charge in [-0.3, -0.25) is 9.58 Å². The van der Waals surface area contributed by atoms with Crippen LogP contribution in [0, 0.1) is 0 Å². The molecule has 0 amide bonds. The molecular formula is C11H17N3. The molecule has 14 heavy (non-hydrogen) atoms. The molecule has 3 rings (SSSR count). The van der Waals surface area contributed by atoms with Gasteiger partial charge >= 0.3 is 0 Å². The molecule has 0 aromatic carbocycles. The smallest absolute Gasteiger partial charge is 0.0673 e. The van der Waals surface area contributed by atoms with Crippen molar-refractivity contribution in [3.63, 3.8) is 0 Å². The van der Waals surface area contributed by atoms with Gasteiger partial charge < -0.3 is 0 Å². The number of aromatic nitrogens is 2. The van der Waals surface area contributed by atoms with Crippen molar-refractivity contribution in [2.24, 2.45) is 7.05 Å². The van der Waals surface area contributed by atoms with E-state index in [4.69, 9.17) is 0 Å². The van der Waals surface area contributed by atoms with E-state index in [0.717, 1.165) is 6.42 Å². The Kier molecular flexibility index (Phi) is 1.57. The fourth-order valence-electron chi connectivity index (χ4n) is 3.25. The van der Waals surface area contributed by atoms with Crippen LogP contribution < -0.4 is 0 Å². The van der Waals surface area contributed by atoms with Gasteiger partial charge in [0.1, 0.15) is 0 Å². The zero-order valence-corrected chi connectivity index (χ0v) is 9.12. The summed E-state index contributed by atoms with van der Waals surface area (Å²) in [6, 6.07) is 1.31. The molecule has 3 heteroatoms. The second kappa shape index (κ2) is 2.60. The summed E-state index contributed by atoms with van der Waals surface area (Å²) in [6.07, 6.45) is 3.71. The van der Waals surface area contributed by atoms with Crippen LogP contribution in [0.1, 0.15) is 48.8 Å². The molecule has 3 nitrogen and oxygen atoms in total. The predicted molar refractivity (Wildman–Crippen MR) is 55.1 cm³/mol. The van der Waals surface area contributed by atoms with Crippen LogP contribution in [0.4, 0.5) is 0 Å². The molecule has 0 N–H and O–H groups in total. The number of hydrogen-bond acceptors (Lipinski definition) is 2. The van der Waals surface area contributed by atoms with Crippen molar-refractivity contribution in [2.75, 3.05) is 7.05 Å². The third-order valence-electron chi connectivity index (χ3n) is 3.89. The van der Waals surface area contributed by atoms with Crippen molar-refractivity contribution in [1.82, 2.24) is 14.7 Å². The maximum atomic E-state index is 4.62. The first-order valence-electron chi connectivity index (χ1n) is 5.51. The van der Waals surface area contributed by atoms with E-state index >= 15 is 0 Å². The maximum Gasteiger partial charge on any atom is 0.0673 e. The first-order chi connectivity index (χ1) is 6.74. The van der Waals surface area contributed by atoms with Gasteiger partial charge in [0.15, 0.2) is 0 Å². The van der Waals surface area contributed by atoms with Crippen molar-refractivity contribution in [3.8, 4) is 0 Å². The van der Waals surface area contributed by atoms with Gasteiger partial charge in [-0.15, -0.1) is 0 Å². The van der Waals surface area contributed by atoms with E-state index in [1.54, 1.807) is 5.56 Å². The van der Waals surface area contributed by atoms with Crippen LogP contribution in [0.5, 0.6) is 0 Å². The van der Waals surface area contributed by atoms with Crippen molar-refractivity contribution in [3.05, 3.63) is 17.0 Å². The Bertz CT molecular complexity index is 380. The average Bonchev–Trinajstić information content (AvgIpc) is 2.78. The fraction of sp³-hybridized carbons (Fsp3) is 0.727. The van der Waals surface area contributed by atoms with Crippen LogP contribution in [0.2, 0.25) is 0 Å². The molecule has 0 radical (unpaired) electrons. The summed E-state index contributed by atoms with van der Waals surface area (Å²) >= 11 is 0. The Morgan fingerprint density at radius 3 is 2.71 bits per heavy atom. The zero-order chi connectivity index (χ0) is 9.87. The molecule has 1 aromatic heterocycles. The molecule has 1 fully saturated rings. The van der Waals surface area contributed by atoms with Crippen molar-refractivity contribution in [1.29, 1.82) is 0 Å². The van der Waals surface area contributed by atoms with Gasteiger partial charge in [-0.05, 0) is 26.3 Å². The second-order valence-electron chi connectivity index (χ2n) is 4.50. The van der Waals surface area contributed by atoms with Gasteiger partial charge in [-0.2, -0.15) is 5.10 Å². The molecule has 0 spiro atoms. The zero-order valence-electron chi connectivity index (χ0n) is 9.12. The van der Waals surface area contributed by atoms with Crippen LogP contribution in [0.25, 0.3) is 0 Å². The number of nitrogens with zero attached hydrogens (tertiary/aromatic N) is 3. The third kappa shape index (κ3) is 0.793. The molecule has 76 valence electrons. The van der Waals surface area contributed by atoms with E-state index in [2.05, 4.69) is 35.7 Å². The normalized spacial score (nSPS) is 29.9. The number of hydrogen-bond donors (Lipinski definition) is 0. The fourth-order valence-corrected chi connectivity index (χ4v) is 3.25. The highest BCUT2D eigenvalue weighted by Crippen LogP contribution is 2.52. The van der Waals surface area contributed by atoms with Crippen molar-refractivity contribution < 1.29 is 0 Å². The standard InChI is InChI=1S/C11H17N3/c1-4-7-10-8-5-6-9(13(8)2)11(10)14(3)12-7/h8-9H,4-6H2,1-3H3. The molecule has 2 unspecified atom stereocenters. The Morgan fingerprint density at radius 2 is 2.00 bits per heavy atom. The summed E-state index contributed by atoms with van der Waals surface area (Å²) in [5, 5.41) is 4.62. The van der Waals surface area contributed by atoms with Gasteiger partial charge in [0.25, 0.3) is 0 Å². The molecule has 0 saturated carbocycles. The van der Waals surface area contributed by atoms with Gasteiger partial charge in [0.2, 0.25) is 0 Å². The Hall–Kier alpha value is -0.830. The van der Waals surface area contributed by atoms with Gasteiger partial charge in [-0.25, -0.2) is 0 Å². The van der Waals surface area contributed by atoms with E-state index < -0.39 is 0 Å². The van der Waals surface area contributed by atoms with Gasteiger partial charge in [0, 0.05) is 18.7 Å². The van der Waals surface area contributed by atoms with E-state index in [-0.39, 0.29) is 0 Å². The summed E-state index contributed by atoms with van der Waals surface area (Å²) in [5.74, 6) is 0. The SMILES string of the molecule is CCc1nn(C)c2c1C1CCC2N1C. The number of rotatable bonds is 1. The van der Waals surface area contributed by atoms with Crippen LogP contribution in [0.15, 0.2) is 0 Å². The minimum absolute atomic E-state index is 0.646. The Labute approximate surface area is 84.7 Å². The highest BCUT2D eigenvalue weighted by Gasteiger charge is 2.45. The van der Waals surface area contributed by atoms with E-state index in [9.17, 15) is 0 Å². The molecule has 2 aliphatic rings. The van der Waals surface area contributed by atoms with Crippen LogP contribution in [-0.4, -0.2) is 21.7 Å². The summed E-state index contributed by atoms with van der Waals surface area (Å²) < 4.78 is 2.11. The molecule has 2 aliphatic heterocycles. The minimum atomic E-state index is 0.646. The highest BCUT2D eigenvalue weighted by atomic mass is 15.3. The summed E-state index contributed by atoms with van der Waals surface area (Å²) in [4.78, 5) is 2.52. The number of fused-ring (bicyclic) bond motifs is 5. The monoisotopic (exact) mass is 191 g/mol. The Balaban J connectivity index is 2.20. The molecule has 1 aromatic rings. The summed E-state index contributed by atoms with van der Waals surface area (Å²) in [6.45, 7) is 2.20. The quantitative estimate of drug-likeness (QED) is 0.675. The largest absolute Gasteiger partial charge is 0.291 e. The lowest BCUT2D eigenvalue weighted by Gasteiger charge is -2.15. The van der Waals surface area contributed by atoms with Crippen LogP contribution in [0.3, 0.4) is 0 Å². The Morgan fingerprint density at radius 1 is 1.29 bits per heavy atom. The second-order valence-corrected chi connectivity index (χ2v) is 4.50. The van der Waals surface area contributed by atoms with Crippen molar-refractivity contribution in [2.45, 2.75) is 38.3 Å². The first-order valence-corrected chi connectivity index (χ1v) is 5.51. The summed E-state index contributed by atoms with van der Waals surface area (Å²) in [5.41, 5.74) is 4.36. The van der Waals surface area contributed by atoms with E-state index in [0.29, 0.717) is 12.1 Å². The number of aryl methyl sites for hydroxylation is 2. The van der Waals surface area contributed by atoms with Crippen LogP contribution >= 0.6 is 0 Å². The molecule has 2 bridgehead atoms. The molecule has 2 atom stereocenters. The molecular weight excluding hydrogens is 174 g/mol. The lowest BCUT2D eigenvalue weighted by Crippen LogP contribution is -2.15. The molecule has 0 aliphatic carbocycles. The van der Waals surface area contributed by atoms with Gasteiger partial charge in [-0.1, -0.05) is 6.92 Å². The minimum Gasteiger partial charge on any atom is -0.291 e. The molecule has 3 heterocycles. The van der Waals surface area contributed by atoms with Gasteiger partial charge in [0.05, 0.1) is 17.4 Å². The lowest BCUT2D eigenvalue weighted by molar-refractivity contribution is 0.271. The maximum absolute atomic E-state index is 4.62. The van der Waals surface area contributed by atoms with Crippen molar-refractivity contribution >= 4 is 0 Å². The first kappa shape index (κ1) is 8.48. The highest BCUT2D eigenvalue weighted by molar-refractivity contribution is 5.39. The predicted octanol–water partition coefficient (Wildman–Crippen LogP) is 1.80. The van der Waals surface area contributed by atoms with Crippen LogP contribution in [-0.2, 0) is 13.5 Å².